The number of anilines is 1. The first kappa shape index (κ1) is 11.6. The van der Waals surface area contributed by atoms with Gasteiger partial charge in [-0.2, -0.15) is 0 Å². The zero-order chi connectivity index (χ0) is 11.1. The summed E-state index contributed by atoms with van der Waals surface area (Å²) in [5, 5.41) is 17.2. The lowest BCUT2D eigenvalue weighted by Crippen LogP contribution is -2.05. The number of benzene rings is 1. The second kappa shape index (κ2) is 6.10. The van der Waals surface area contributed by atoms with Gasteiger partial charge in [-0.05, 0) is 12.1 Å². The van der Waals surface area contributed by atoms with Crippen LogP contribution in [0.25, 0.3) is 0 Å². The third kappa shape index (κ3) is 3.65. The fourth-order valence-corrected chi connectivity index (χ4v) is 1.05. The van der Waals surface area contributed by atoms with Crippen LogP contribution in [0.1, 0.15) is 0 Å². The molecule has 15 heavy (non-hydrogen) atoms. The van der Waals surface area contributed by atoms with Crippen LogP contribution in [0.5, 0.6) is 11.5 Å². The van der Waals surface area contributed by atoms with E-state index in [1.165, 1.54) is 0 Å². The number of rotatable bonds is 6. The van der Waals surface area contributed by atoms with Crippen molar-refractivity contribution < 1.29 is 19.7 Å². The number of aliphatic hydroxyl groups is 2. The monoisotopic (exact) mass is 213 g/mol. The van der Waals surface area contributed by atoms with Gasteiger partial charge in [0.25, 0.3) is 0 Å². The number of nitrogens with two attached hydrogens (primary N) is 1. The van der Waals surface area contributed by atoms with E-state index in [2.05, 4.69) is 0 Å². The van der Waals surface area contributed by atoms with Crippen molar-refractivity contribution in [3.05, 3.63) is 18.2 Å². The molecule has 0 radical (unpaired) electrons. The highest BCUT2D eigenvalue weighted by Gasteiger charge is 2.02. The molecule has 0 saturated heterocycles. The van der Waals surface area contributed by atoms with Gasteiger partial charge in [0.05, 0.1) is 18.9 Å². The van der Waals surface area contributed by atoms with Gasteiger partial charge in [-0.3, -0.25) is 0 Å². The van der Waals surface area contributed by atoms with E-state index >= 15 is 0 Å². The summed E-state index contributed by atoms with van der Waals surface area (Å²) in [6.07, 6.45) is 0. The van der Waals surface area contributed by atoms with Crippen LogP contribution in [0, 0.1) is 0 Å². The molecule has 0 saturated carbocycles. The summed E-state index contributed by atoms with van der Waals surface area (Å²) in [4.78, 5) is 0. The second-order valence-electron chi connectivity index (χ2n) is 2.84. The normalized spacial score (nSPS) is 10.0. The Morgan fingerprint density at radius 3 is 2.40 bits per heavy atom. The zero-order valence-electron chi connectivity index (χ0n) is 8.35. The maximum absolute atomic E-state index is 8.60. The predicted octanol–water partition coefficient (Wildman–Crippen LogP) is 0.0110. The summed E-state index contributed by atoms with van der Waals surface area (Å²) >= 11 is 0. The molecule has 0 aliphatic carbocycles. The lowest BCUT2D eigenvalue weighted by atomic mass is 10.3. The Kier molecular flexibility index (Phi) is 4.73. The molecule has 5 heteroatoms. The van der Waals surface area contributed by atoms with Crippen molar-refractivity contribution in [2.75, 3.05) is 32.2 Å². The largest absolute Gasteiger partial charge is 0.491 e. The fourth-order valence-electron chi connectivity index (χ4n) is 1.05. The first-order valence-electron chi connectivity index (χ1n) is 4.64. The Balaban J connectivity index is 2.66. The summed E-state index contributed by atoms with van der Waals surface area (Å²) in [6.45, 7) is 0.301. The molecule has 0 aliphatic rings. The number of ether oxygens (including phenoxy) is 2. The van der Waals surface area contributed by atoms with Crippen LogP contribution in [-0.4, -0.2) is 36.6 Å². The molecule has 0 unspecified atom stereocenters. The molecule has 0 atom stereocenters. The SMILES string of the molecule is Nc1ccc(OCCO)cc1OCCO. The molecule has 0 spiro atoms. The first-order chi connectivity index (χ1) is 7.27. The fraction of sp³-hybridized carbons (Fsp3) is 0.400. The van der Waals surface area contributed by atoms with Gasteiger partial charge >= 0.3 is 0 Å². The average Bonchev–Trinajstić information content (AvgIpc) is 2.26. The molecule has 4 N–H and O–H groups in total. The summed E-state index contributed by atoms with van der Waals surface area (Å²) < 4.78 is 10.4. The summed E-state index contributed by atoms with van der Waals surface area (Å²) in [6, 6.07) is 4.97. The van der Waals surface area contributed by atoms with E-state index in [-0.39, 0.29) is 26.4 Å². The van der Waals surface area contributed by atoms with Gasteiger partial charge in [-0.1, -0.05) is 0 Å². The number of nitrogen functional groups attached to an aromatic ring is 1. The third-order valence-electron chi connectivity index (χ3n) is 1.69. The Morgan fingerprint density at radius 2 is 1.73 bits per heavy atom. The smallest absolute Gasteiger partial charge is 0.145 e. The molecule has 0 amide bonds. The highest BCUT2D eigenvalue weighted by atomic mass is 16.5. The second-order valence-corrected chi connectivity index (χ2v) is 2.84. The maximum Gasteiger partial charge on any atom is 0.145 e. The lowest BCUT2D eigenvalue weighted by molar-refractivity contribution is 0.195. The van der Waals surface area contributed by atoms with Gasteiger partial charge in [0.2, 0.25) is 0 Å². The van der Waals surface area contributed by atoms with Crippen molar-refractivity contribution in [3.8, 4) is 11.5 Å². The Morgan fingerprint density at radius 1 is 1.07 bits per heavy atom. The van der Waals surface area contributed by atoms with Crippen LogP contribution in [-0.2, 0) is 0 Å². The molecule has 0 aliphatic heterocycles. The highest BCUT2D eigenvalue weighted by molar-refractivity contribution is 5.55. The standard InChI is InChI=1S/C10H15NO4/c11-9-2-1-8(14-5-3-12)7-10(9)15-6-4-13/h1-2,7,12-13H,3-6,11H2. The van der Waals surface area contributed by atoms with Gasteiger partial charge in [0, 0.05) is 6.07 Å². The van der Waals surface area contributed by atoms with Crippen LogP contribution in [0.2, 0.25) is 0 Å². The highest BCUT2D eigenvalue weighted by Crippen LogP contribution is 2.26. The third-order valence-corrected chi connectivity index (χ3v) is 1.69. The minimum Gasteiger partial charge on any atom is -0.491 e. The van der Waals surface area contributed by atoms with Crippen LogP contribution < -0.4 is 15.2 Å². The van der Waals surface area contributed by atoms with Gasteiger partial charge in [-0.25, -0.2) is 0 Å². The Labute approximate surface area is 88.0 Å². The van der Waals surface area contributed by atoms with Crippen molar-refractivity contribution in [3.63, 3.8) is 0 Å². The zero-order valence-corrected chi connectivity index (χ0v) is 8.35. The molecule has 0 fully saturated rings. The number of aliphatic hydroxyl groups excluding tert-OH is 2. The molecular weight excluding hydrogens is 198 g/mol. The van der Waals surface area contributed by atoms with Crippen molar-refractivity contribution in [1.82, 2.24) is 0 Å². The molecule has 1 rings (SSSR count). The summed E-state index contributed by atoms with van der Waals surface area (Å²) in [7, 11) is 0. The van der Waals surface area contributed by atoms with Crippen molar-refractivity contribution in [1.29, 1.82) is 0 Å². The van der Waals surface area contributed by atoms with Gasteiger partial charge in [0.15, 0.2) is 0 Å². The van der Waals surface area contributed by atoms with Gasteiger partial charge < -0.3 is 25.4 Å². The van der Waals surface area contributed by atoms with E-state index in [0.717, 1.165) is 0 Å². The van der Waals surface area contributed by atoms with Gasteiger partial charge in [0.1, 0.15) is 24.7 Å². The van der Waals surface area contributed by atoms with E-state index < -0.39 is 0 Å². The van der Waals surface area contributed by atoms with E-state index in [9.17, 15) is 0 Å². The van der Waals surface area contributed by atoms with Crippen molar-refractivity contribution >= 4 is 5.69 Å². The van der Waals surface area contributed by atoms with Crippen LogP contribution >= 0.6 is 0 Å². The Bertz CT molecular complexity index is 303. The Hall–Kier alpha value is -1.46. The maximum atomic E-state index is 8.60. The quantitative estimate of drug-likeness (QED) is 0.580. The number of hydrogen-bond acceptors (Lipinski definition) is 5. The molecule has 84 valence electrons. The van der Waals surface area contributed by atoms with Crippen LogP contribution in [0.4, 0.5) is 5.69 Å². The minimum absolute atomic E-state index is 0.0444. The topological polar surface area (TPSA) is 84.9 Å². The van der Waals surface area contributed by atoms with E-state index in [1.807, 2.05) is 0 Å². The van der Waals surface area contributed by atoms with E-state index in [1.54, 1.807) is 18.2 Å². The van der Waals surface area contributed by atoms with Crippen LogP contribution in [0.3, 0.4) is 0 Å². The molecule has 0 heterocycles. The summed E-state index contributed by atoms with van der Waals surface area (Å²) in [5.74, 6) is 1.05. The van der Waals surface area contributed by atoms with Crippen molar-refractivity contribution in [2.45, 2.75) is 0 Å². The van der Waals surface area contributed by atoms with Crippen LogP contribution in [0.15, 0.2) is 18.2 Å². The van der Waals surface area contributed by atoms with E-state index in [0.29, 0.717) is 17.2 Å². The predicted molar refractivity (Wildman–Crippen MR) is 56.0 cm³/mol. The lowest BCUT2D eigenvalue weighted by Gasteiger charge is -2.10. The van der Waals surface area contributed by atoms with Gasteiger partial charge in [-0.15, -0.1) is 0 Å². The molecule has 1 aromatic carbocycles. The minimum atomic E-state index is -0.0683. The summed E-state index contributed by atoms with van der Waals surface area (Å²) in [5.41, 5.74) is 6.13. The molecule has 0 bridgehead atoms. The first-order valence-corrected chi connectivity index (χ1v) is 4.64. The molecule has 1 aromatic rings. The molecule has 5 nitrogen and oxygen atoms in total. The van der Waals surface area contributed by atoms with E-state index in [4.69, 9.17) is 25.4 Å². The molecular formula is C10H15NO4. The number of hydrogen-bond donors (Lipinski definition) is 3. The molecule has 0 aromatic heterocycles. The average molecular weight is 213 g/mol. The van der Waals surface area contributed by atoms with Crippen molar-refractivity contribution in [2.24, 2.45) is 0 Å².